The van der Waals surface area contributed by atoms with Crippen LogP contribution in [-0.2, 0) is 0 Å². The van der Waals surface area contributed by atoms with Crippen LogP contribution >= 0.6 is 0 Å². The van der Waals surface area contributed by atoms with E-state index in [4.69, 9.17) is 5.11 Å². The molecule has 0 saturated carbocycles. The Kier molecular flexibility index (Phi) is 5.83. The minimum absolute atomic E-state index is 0.00134. The van der Waals surface area contributed by atoms with E-state index in [0.717, 1.165) is 12.0 Å². The molecule has 2 unspecified atom stereocenters. The van der Waals surface area contributed by atoms with Crippen LogP contribution in [0, 0.1) is 6.92 Å². The minimum atomic E-state index is -0.185. The number of aliphatic hydroxyl groups excluding tert-OH is 1. The van der Waals surface area contributed by atoms with Crippen molar-refractivity contribution in [3.63, 3.8) is 0 Å². The van der Waals surface area contributed by atoms with E-state index >= 15 is 0 Å². The molecule has 2 atom stereocenters. The molecule has 2 amide bonds. The van der Waals surface area contributed by atoms with Crippen molar-refractivity contribution in [3.05, 3.63) is 35.4 Å². The van der Waals surface area contributed by atoms with Crippen LogP contribution < -0.4 is 5.32 Å². The van der Waals surface area contributed by atoms with Crippen molar-refractivity contribution in [1.82, 2.24) is 10.2 Å². The first kappa shape index (κ1) is 15.5. The van der Waals surface area contributed by atoms with Crippen molar-refractivity contribution in [2.24, 2.45) is 0 Å². The van der Waals surface area contributed by atoms with Crippen LogP contribution in [0.25, 0.3) is 0 Å². The first-order valence-corrected chi connectivity index (χ1v) is 6.70. The summed E-state index contributed by atoms with van der Waals surface area (Å²) < 4.78 is 0. The fourth-order valence-corrected chi connectivity index (χ4v) is 1.79. The number of carbonyl (C=O) groups is 1. The van der Waals surface area contributed by atoms with E-state index in [1.807, 2.05) is 45.0 Å². The van der Waals surface area contributed by atoms with Gasteiger partial charge in [0.15, 0.2) is 0 Å². The second-order valence-electron chi connectivity index (χ2n) is 4.96. The van der Waals surface area contributed by atoms with Gasteiger partial charge in [0.25, 0.3) is 0 Å². The van der Waals surface area contributed by atoms with Crippen molar-refractivity contribution < 1.29 is 9.90 Å². The van der Waals surface area contributed by atoms with Gasteiger partial charge >= 0.3 is 6.03 Å². The van der Waals surface area contributed by atoms with Gasteiger partial charge in [0, 0.05) is 7.05 Å². The van der Waals surface area contributed by atoms with Gasteiger partial charge < -0.3 is 15.3 Å². The zero-order valence-corrected chi connectivity index (χ0v) is 12.2. The fourth-order valence-electron chi connectivity index (χ4n) is 1.79. The van der Waals surface area contributed by atoms with Gasteiger partial charge in [-0.3, -0.25) is 0 Å². The Balaban J connectivity index is 2.72. The number of hydrogen-bond acceptors (Lipinski definition) is 2. The van der Waals surface area contributed by atoms with E-state index in [1.54, 1.807) is 7.05 Å². The quantitative estimate of drug-likeness (QED) is 0.858. The van der Waals surface area contributed by atoms with Crippen LogP contribution in [0.1, 0.15) is 37.4 Å². The third kappa shape index (κ3) is 4.24. The first-order chi connectivity index (χ1) is 8.99. The molecule has 0 aliphatic rings. The number of rotatable bonds is 5. The molecule has 0 aromatic heterocycles. The lowest BCUT2D eigenvalue weighted by molar-refractivity contribution is 0.154. The van der Waals surface area contributed by atoms with Gasteiger partial charge in [-0.15, -0.1) is 0 Å². The van der Waals surface area contributed by atoms with E-state index in [-0.39, 0.29) is 24.7 Å². The number of amides is 2. The van der Waals surface area contributed by atoms with Crippen molar-refractivity contribution in [3.8, 4) is 0 Å². The standard InChI is InChI=1S/C15H24N2O2/c1-5-14(13-8-6-11(2)7-9-13)16-15(19)17(4)12(3)10-18/h6-9,12,14,18H,5,10H2,1-4H3,(H,16,19). The summed E-state index contributed by atoms with van der Waals surface area (Å²) in [4.78, 5) is 13.6. The molecule has 4 nitrogen and oxygen atoms in total. The number of nitrogens with zero attached hydrogens (tertiary/aromatic N) is 1. The molecule has 0 bridgehead atoms. The van der Waals surface area contributed by atoms with Crippen molar-refractivity contribution in [2.45, 2.75) is 39.3 Å². The van der Waals surface area contributed by atoms with E-state index in [9.17, 15) is 4.79 Å². The van der Waals surface area contributed by atoms with Crippen LogP contribution in [0.5, 0.6) is 0 Å². The molecule has 0 radical (unpaired) electrons. The number of likely N-dealkylation sites (N-methyl/N-ethyl adjacent to an activating group) is 1. The van der Waals surface area contributed by atoms with E-state index < -0.39 is 0 Å². The molecule has 0 aliphatic heterocycles. The lowest BCUT2D eigenvalue weighted by Crippen LogP contribution is -2.45. The van der Waals surface area contributed by atoms with Crippen molar-refractivity contribution in [2.75, 3.05) is 13.7 Å². The van der Waals surface area contributed by atoms with Gasteiger partial charge in [0.2, 0.25) is 0 Å². The fraction of sp³-hybridized carbons (Fsp3) is 0.533. The molecule has 106 valence electrons. The van der Waals surface area contributed by atoms with Crippen molar-refractivity contribution >= 4 is 6.03 Å². The number of carbonyl (C=O) groups excluding carboxylic acids is 1. The van der Waals surface area contributed by atoms with Gasteiger partial charge in [-0.25, -0.2) is 4.79 Å². The molecule has 0 fully saturated rings. The van der Waals surface area contributed by atoms with Gasteiger partial charge in [-0.1, -0.05) is 36.8 Å². The zero-order chi connectivity index (χ0) is 14.4. The third-order valence-corrected chi connectivity index (χ3v) is 3.43. The van der Waals surface area contributed by atoms with E-state index in [1.165, 1.54) is 10.5 Å². The molecular weight excluding hydrogens is 240 g/mol. The maximum atomic E-state index is 12.1. The SMILES string of the molecule is CCC(NC(=O)N(C)C(C)CO)c1ccc(C)cc1. The molecule has 1 aromatic rings. The Morgan fingerprint density at radius 1 is 1.37 bits per heavy atom. The highest BCUT2D eigenvalue weighted by molar-refractivity contribution is 5.74. The van der Waals surface area contributed by atoms with E-state index in [2.05, 4.69) is 5.32 Å². The van der Waals surface area contributed by atoms with Crippen LogP contribution in [0.2, 0.25) is 0 Å². The summed E-state index contributed by atoms with van der Waals surface area (Å²) in [6.45, 7) is 5.86. The molecule has 0 saturated heterocycles. The number of benzene rings is 1. The van der Waals surface area contributed by atoms with Gasteiger partial charge in [-0.2, -0.15) is 0 Å². The molecule has 0 heterocycles. The lowest BCUT2D eigenvalue weighted by Gasteiger charge is -2.26. The van der Waals surface area contributed by atoms with Crippen molar-refractivity contribution in [1.29, 1.82) is 0 Å². The summed E-state index contributed by atoms with van der Waals surface area (Å²) in [6, 6.07) is 7.83. The molecule has 1 rings (SSSR count). The van der Waals surface area contributed by atoms with Gasteiger partial charge in [-0.05, 0) is 25.8 Å². The Labute approximate surface area is 115 Å². The topological polar surface area (TPSA) is 52.6 Å². The van der Waals surface area contributed by atoms with E-state index in [0.29, 0.717) is 0 Å². The number of urea groups is 1. The minimum Gasteiger partial charge on any atom is -0.394 e. The maximum Gasteiger partial charge on any atom is 0.317 e. The molecule has 4 heteroatoms. The Bertz CT molecular complexity index is 403. The number of hydrogen-bond donors (Lipinski definition) is 2. The normalized spacial score (nSPS) is 13.7. The Morgan fingerprint density at radius 3 is 2.42 bits per heavy atom. The number of aliphatic hydroxyl groups is 1. The Morgan fingerprint density at radius 2 is 1.95 bits per heavy atom. The second-order valence-corrected chi connectivity index (χ2v) is 4.96. The summed E-state index contributed by atoms with van der Waals surface area (Å²) in [5.74, 6) is 0. The van der Waals surface area contributed by atoms with Crippen LogP contribution in [0.3, 0.4) is 0 Å². The smallest absolute Gasteiger partial charge is 0.317 e. The largest absolute Gasteiger partial charge is 0.394 e. The molecule has 2 N–H and O–H groups in total. The summed E-state index contributed by atoms with van der Waals surface area (Å²) in [5.41, 5.74) is 2.31. The van der Waals surface area contributed by atoms with Crippen LogP contribution in [0.4, 0.5) is 4.79 Å². The average molecular weight is 264 g/mol. The Hall–Kier alpha value is -1.55. The lowest BCUT2D eigenvalue weighted by atomic mass is 10.0. The van der Waals surface area contributed by atoms with Gasteiger partial charge in [0.05, 0.1) is 18.7 Å². The molecule has 0 spiro atoms. The predicted molar refractivity (Wildman–Crippen MR) is 77.1 cm³/mol. The summed E-state index contributed by atoms with van der Waals surface area (Å²) >= 11 is 0. The second kappa shape index (κ2) is 7.14. The third-order valence-electron chi connectivity index (χ3n) is 3.43. The highest BCUT2D eigenvalue weighted by atomic mass is 16.3. The number of nitrogens with one attached hydrogen (secondary N) is 1. The molecule has 0 aliphatic carbocycles. The highest BCUT2D eigenvalue weighted by Gasteiger charge is 2.18. The van der Waals surface area contributed by atoms with Gasteiger partial charge in [0.1, 0.15) is 0 Å². The molecular formula is C15H24N2O2. The molecule has 19 heavy (non-hydrogen) atoms. The zero-order valence-electron chi connectivity index (χ0n) is 12.2. The number of aryl methyl sites for hydroxylation is 1. The summed E-state index contributed by atoms with van der Waals surface area (Å²) in [5, 5.41) is 12.1. The maximum absolute atomic E-state index is 12.1. The highest BCUT2D eigenvalue weighted by Crippen LogP contribution is 2.17. The summed E-state index contributed by atoms with van der Waals surface area (Å²) in [6.07, 6.45) is 0.830. The predicted octanol–water partition coefficient (Wildman–Crippen LogP) is 2.47. The van der Waals surface area contributed by atoms with Crippen LogP contribution in [0.15, 0.2) is 24.3 Å². The summed E-state index contributed by atoms with van der Waals surface area (Å²) in [7, 11) is 1.69. The molecule has 1 aromatic carbocycles. The first-order valence-electron chi connectivity index (χ1n) is 6.70. The monoisotopic (exact) mass is 264 g/mol. The average Bonchev–Trinajstić information content (AvgIpc) is 2.43. The van der Waals surface area contributed by atoms with Crippen LogP contribution in [-0.4, -0.2) is 35.7 Å².